The highest BCUT2D eigenvalue weighted by molar-refractivity contribution is 7.90. The molecule has 1 N–H and O–H groups in total. The molecule has 1 spiro atoms. The second-order valence-corrected chi connectivity index (χ2v) is 19.8. The van der Waals surface area contributed by atoms with Crippen LogP contribution in [0.15, 0.2) is 48.6 Å². The number of fused-ring (bicyclic) bond motifs is 5. The van der Waals surface area contributed by atoms with Crippen LogP contribution in [0.1, 0.15) is 67.4 Å². The van der Waals surface area contributed by atoms with E-state index in [1.165, 1.54) is 11.1 Å². The smallest absolute Gasteiger partial charge is 0.264 e. The van der Waals surface area contributed by atoms with Gasteiger partial charge < -0.3 is 19.3 Å². The van der Waals surface area contributed by atoms with E-state index in [1.54, 1.807) is 13.0 Å². The third-order valence-corrected chi connectivity index (χ3v) is 16.2. The van der Waals surface area contributed by atoms with Gasteiger partial charge in [-0.15, -0.1) is 0 Å². The van der Waals surface area contributed by atoms with E-state index in [2.05, 4.69) is 55.7 Å². The van der Waals surface area contributed by atoms with E-state index in [4.69, 9.17) is 21.1 Å². The molecule has 8 rings (SSSR count). The fraction of sp³-hybridized carbons (Fsp3) is 0.643. The number of carbonyl (C=O) groups is 1. The molecule has 1 amide bonds. The minimum Gasteiger partial charge on any atom is -0.490 e. The van der Waals surface area contributed by atoms with Crippen molar-refractivity contribution >= 4 is 33.2 Å². The van der Waals surface area contributed by atoms with Gasteiger partial charge in [0.2, 0.25) is 10.0 Å². The molecule has 2 saturated heterocycles. The van der Waals surface area contributed by atoms with Gasteiger partial charge in [-0.1, -0.05) is 36.7 Å². The molecule has 2 bridgehead atoms. The molecule has 0 unspecified atom stereocenters. The van der Waals surface area contributed by atoms with E-state index in [1.807, 2.05) is 32.2 Å². The first-order valence-corrected chi connectivity index (χ1v) is 22.1. The summed E-state index contributed by atoms with van der Waals surface area (Å²) in [6, 6.07) is 12.2. The van der Waals surface area contributed by atoms with E-state index < -0.39 is 26.8 Å². The van der Waals surface area contributed by atoms with Crippen LogP contribution in [0.4, 0.5) is 5.69 Å². The maximum atomic E-state index is 13.7. The zero-order valence-electron chi connectivity index (χ0n) is 32.4. The Morgan fingerprint density at radius 1 is 1.04 bits per heavy atom. The number of hydrogen-bond acceptors (Lipinski definition) is 9. The minimum absolute atomic E-state index is 0.215. The maximum Gasteiger partial charge on any atom is 0.264 e. The van der Waals surface area contributed by atoms with Crippen molar-refractivity contribution in [3.63, 3.8) is 0 Å². The summed E-state index contributed by atoms with van der Waals surface area (Å²) in [4.78, 5) is 23.9. The summed E-state index contributed by atoms with van der Waals surface area (Å²) in [6.07, 6.45) is 10.2. The molecule has 2 aromatic rings. The number of methoxy groups -OCH3 is 1. The lowest BCUT2D eigenvalue weighted by molar-refractivity contribution is -0.101. The first-order valence-electron chi connectivity index (χ1n) is 20.1. The van der Waals surface area contributed by atoms with Crippen LogP contribution >= 0.6 is 11.6 Å². The second kappa shape index (κ2) is 15.0. The summed E-state index contributed by atoms with van der Waals surface area (Å²) in [5.41, 5.74) is 2.93. The van der Waals surface area contributed by atoms with E-state index in [0.29, 0.717) is 30.6 Å². The van der Waals surface area contributed by atoms with Gasteiger partial charge in [0.1, 0.15) is 11.4 Å². The van der Waals surface area contributed by atoms with E-state index >= 15 is 0 Å². The molecule has 294 valence electrons. The number of aryl methyl sites for hydroxylation is 1. The van der Waals surface area contributed by atoms with Crippen molar-refractivity contribution in [3.05, 3.63) is 70.3 Å². The molecule has 2 aromatic carbocycles. The summed E-state index contributed by atoms with van der Waals surface area (Å²) >= 11 is 6.52. The topological polar surface area (TPSA) is 94.7 Å². The van der Waals surface area contributed by atoms with Crippen molar-refractivity contribution < 1.29 is 22.7 Å². The Bertz CT molecular complexity index is 1880. The van der Waals surface area contributed by atoms with Crippen LogP contribution in [0.25, 0.3) is 0 Å². The monoisotopic (exact) mass is 779 g/mol. The van der Waals surface area contributed by atoms with Crippen molar-refractivity contribution in [3.8, 4) is 5.75 Å². The zero-order chi connectivity index (χ0) is 37.8. The number of anilines is 1. The number of sulfonamides is 1. The Labute approximate surface area is 327 Å². The molecule has 10 nitrogen and oxygen atoms in total. The van der Waals surface area contributed by atoms with Gasteiger partial charge in [0.05, 0.1) is 17.5 Å². The fourth-order valence-corrected chi connectivity index (χ4v) is 12.0. The number of piperazine rings is 2. The Hall–Kier alpha value is -2.67. The number of hydrogen-bond donors (Lipinski definition) is 1. The Balaban J connectivity index is 1.18. The summed E-state index contributed by atoms with van der Waals surface area (Å²) < 4.78 is 43.2. The third-order valence-electron chi connectivity index (χ3n) is 14.1. The summed E-state index contributed by atoms with van der Waals surface area (Å²) in [6.45, 7) is 12.9. The highest BCUT2D eigenvalue weighted by atomic mass is 35.5. The van der Waals surface area contributed by atoms with Crippen LogP contribution < -0.4 is 14.4 Å². The van der Waals surface area contributed by atoms with E-state index in [9.17, 15) is 13.2 Å². The molecule has 12 heteroatoms. The first-order chi connectivity index (χ1) is 25.9. The Kier molecular flexibility index (Phi) is 10.6. The molecule has 0 aromatic heterocycles. The zero-order valence-corrected chi connectivity index (χ0v) is 34.0. The van der Waals surface area contributed by atoms with Gasteiger partial charge in [0, 0.05) is 88.1 Å². The molecule has 7 atom stereocenters. The third kappa shape index (κ3) is 7.22. The van der Waals surface area contributed by atoms with Crippen molar-refractivity contribution in [1.29, 1.82) is 0 Å². The van der Waals surface area contributed by atoms with Crippen LogP contribution in [0.2, 0.25) is 5.02 Å². The van der Waals surface area contributed by atoms with Gasteiger partial charge in [0.15, 0.2) is 0 Å². The Morgan fingerprint density at radius 2 is 1.87 bits per heavy atom. The highest BCUT2D eigenvalue weighted by Crippen LogP contribution is 2.49. The number of likely N-dealkylation sites (N-methyl/N-ethyl adjacent to an activating group) is 1. The molecule has 0 radical (unpaired) electrons. The summed E-state index contributed by atoms with van der Waals surface area (Å²) in [5, 5.41) is -0.0229. The predicted octanol–water partition coefficient (Wildman–Crippen LogP) is 5.20. The number of rotatable bonds is 3. The van der Waals surface area contributed by atoms with Crippen LogP contribution in [-0.2, 0) is 26.6 Å². The number of allylic oxidation sites excluding steroid dienone is 1. The van der Waals surface area contributed by atoms with E-state index in [0.717, 1.165) is 107 Å². The highest BCUT2D eigenvalue weighted by Gasteiger charge is 2.50. The quantitative estimate of drug-likeness (QED) is 0.423. The van der Waals surface area contributed by atoms with Crippen molar-refractivity contribution in [2.45, 2.75) is 74.7 Å². The number of benzene rings is 2. The number of ether oxygens (including phenoxy) is 2. The number of amides is 1. The number of halogens is 1. The normalized spacial score (nSPS) is 35.4. The Morgan fingerprint density at radius 3 is 2.67 bits per heavy atom. The largest absolute Gasteiger partial charge is 0.490 e. The molecule has 4 aliphatic heterocycles. The van der Waals surface area contributed by atoms with Crippen molar-refractivity contribution in [2.75, 3.05) is 84.6 Å². The second-order valence-electron chi connectivity index (χ2n) is 17.4. The van der Waals surface area contributed by atoms with Crippen LogP contribution in [0.5, 0.6) is 5.75 Å². The molecule has 4 heterocycles. The van der Waals surface area contributed by atoms with E-state index in [-0.39, 0.29) is 17.3 Å². The van der Waals surface area contributed by atoms with Gasteiger partial charge >= 0.3 is 0 Å². The van der Waals surface area contributed by atoms with Crippen LogP contribution in [0.3, 0.4) is 0 Å². The SMILES string of the molecule is CO[C@@]1(CN2CCN3CCN(C)C[C@H]3C2)/C=C\C[C@H](C)[C@@H](C)S(=O)(=O)NC(=O)c2ccc3c(c2)N(C[C@@H]2CC[C@H]21)C[C@@]1(CCCc2cc(Cl)ccc21)CO3. The van der Waals surface area contributed by atoms with Crippen molar-refractivity contribution in [2.24, 2.45) is 17.8 Å². The lowest BCUT2D eigenvalue weighted by Crippen LogP contribution is -2.64. The van der Waals surface area contributed by atoms with Crippen LogP contribution in [0, 0.1) is 17.8 Å². The van der Waals surface area contributed by atoms with Gasteiger partial charge in [-0.05, 0) is 112 Å². The molecule has 2 aliphatic carbocycles. The van der Waals surface area contributed by atoms with Gasteiger partial charge in [-0.3, -0.25) is 14.6 Å². The molecular formula is C42H58ClN5O5S. The number of nitrogens with zero attached hydrogens (tertiary/aromatic N) is 4. The number of nitrogens with one attached hydrogen (secondary N) is 1. The standard InChI is InChI=1S/C42H58ClN5O5S/c1-29-7-5-16-42(52-4,27-46-18-20-47-19-17-45(3)24-35(47)25-46)37-12-9-33(37)23-48-26-41(15-6-8-31-21-34(43)11-13-36(31)41)28-53-39-14-10-32(22-38(39)48)40(49)44-54(50,51)30(29)2/h5,10-11,13-14,16,21-22,29-30,33,35,37H,6-9,12,15,17-20,23-28H2,1-4H3,(H,44,49)/b16-5-/t29-,30+,33-,35-,37+,41-,42+/m0/s1. The van der Waals surface area contributed by atoms with Gasteiger partial charge in [-0.25, -0.2) is 13.1 Å². The number of carbonyl (C=O) groups excluding carboxylic acids is 1. The lowest BCUT2D eigenvalue weighted by atomic mass is 9.63. The van der Waals surface area contributed by atoms with Gasteiger partial charge in [0.25, 0.3) is 5.91 Å². The first kappa shape index (κ1) is 38.2. The predicted molar refractivity (Wildman–Crippen MR) is 214 cm³/mol. The molecule has 54 heavy (non-hydrogen) atoms. The average Bonchev–Trinajstić information content (AvgIpc) is 3.28. The molecule has 1 saturated carbocycles. The summed E-state index contributed by atoms with van der Waals surface area (Å²) in [7, 11) is 0.142. The minimum atomic E-state index is -3.96. The fourth-order valence-electron chi connectivity index (χ4n) is 10.5. The molecule has 3 fully saturated rings. The lowest BCUT2D eigenvalue weighted by Gasteiger charge is -2.53. The average molecular weight is 780 g/mol. The maximum absolute atomic E-state index is 13.7. The molecular weight excluding hydrogens is 722 g/mol. The molecule has 6 aliphatic rings. The van der Waals surface area contributed by atoms with Crippen molar-refractivity contribution in [1.82, 2.24) is 19.4 Å². The van der Waals surface area contributed by atoms with Gasteiger partial charge in [-0.2, -0.15) is 0 Å². The van der Waals surface area contributed by atoms with Crippen LogP contribution in [-0.4, -0.2) is 126 Å². The summed E-state index contributed by atoms with van der Waals surface area (Å²) in [5.74, 6) is 0.505.